The zero-order valence-corrected chi connectivity index (χ0v) is 13.6. The number of hydrogen-bond acceptors (Lipinski definition) is 6. The van der Waals surface area contributed by atoms with Crippen molar-refractivity contribution in [1.82, 2.24) is 15.1 Å². The Morgan fingerprint density at radius 2 is 1.88 bits per heavy atom. The molecule has 122 valence electrons. The Kier molecular flexibility index (Phi) is 4.24. The fourth-order valence-corrected chi connectivity index (χ4v) is 2.25. The lowest BCUT2D eigenvalue weighted by Crippen LogP contribution is -2.15. The summed E-state index contributed by atoms with van der Waals surface area (Å²) in [6, 6.07) is 9.12. The van der Waals surface area contributed by atoms with Crippen molar-refractivity contribution in [2.75, 3.05) is 10.6 Å². The number of nitrogens with one attached hydrogen (secondary N) is 2. The van der Waals surface area contributed by atoms with Crippen LogP contribution in [0.4, 0.5) is 17.3 Å². The molecular formula is C17H17N5O2. The van der Waals surface area contributed by atoms with E-state index in [9.17, 15) is 4.79 Å². The Balaban J connectivity index is 1.76. The minimum Gasteiger partial charge on any atom is -0.360 e. The van der Waals surface area contributed by atoms with Crippen LogP contribution in [-0.4, -0.2) is 21.0 Å². The highest BCUT2D eigenvalue weighted by Crippen LogP contribution is 2.18. The van der Waals surface area contributed by atoms with Crippen molar-refractivity contribution in [2.45, 2.75) is 20.8 Å². The highest BCUT2D eigenvalue weighted by Gasteiger charge is 2.11. The summed E-state index contributed by atoms with van der Waals surface area (Å²) < 4.78 is 4.98. The summed E-state index contributed by atoms with van der Waals surface area (Å²) in [5, 5.41) is 9.65. The summed E-state index contributed by atoms with van der Waals surface area (Å²) in [4.78, 5) is 20.5. The van der Waals surface area contributed by atoms with Crippen LogP contribution in [0, 0.1) is 20.8 Å². The van der Waals surface area contributed by atoms with Gasteiger partial charge >= 0.3 is 0 Å². The van der Waals surface area contributed by atoms with E-state index in [1.165, 1.54) is 6.33 Å². The molecule has 3 rings (SSSR count). The minimum absolute atomic E-state index is 0.257. The van der Waals surface area contributed by atoms with Crippen LogP contribution < -0.4 is 10.6 Å². The van der Waals surface area contributed by atoms with E-state index in [0.29, 0.717) is 17.4 Å². The number of anilines is 3. The molecule has 2 aromatic heterocycles. The maximum Gasteiger partial charge on any atom is 0.274 e. The number of nitrogens with zero attached hydrogens (tertiary/aromatic N) is 3. The molecule has 2 N–H and O–H groups in total. The number of carbonyl (C=O) groups excluding carboxylic acids is 1. The normalized spacial score (nSPS) is 10.5. The molecule has 2 heterocycles. The molecule has 0 saturated heterocycles. The minimum atomic E-state index is -0.302. The monoisotopic (exact) mass is 323 g/mol. The van der Waals surface area contributed by atoms with E-state index < -0.39 is 0 Å². The molecule has 0 aliphatic rings. The van der Waals surface area contributed by atoms with Crippen LogP contribution in [0.15, 0.2) is 41.2 Å². The van der Waals surface area contributed by atoms with Gasteiger partial charge in [0.05, 0.1) is 0 Å². The van der Waals surface area contributed by atoms with Gasteiger partial charge in [0.15, 0.2) is 5.82 Å². The maximum atomic E-state index is 12.4. The molecule has 1 aromatic carbocycles. The molecule has 0 radical (unpaired) electrons. The molecule has 0 fully saturated rings. The number of aryl methyl sites for hydroxylation is 3. The van der Waals surface area contributed by atoms with Crippen LogP contribution in [0.1, 0.15) is 27.4 Å². The van der Waals surface area contributed by atoms with Gasteiger partial charge in [0, 0.05) is 17.8 Å². The molecule has 1 amide bonds. The Morgan fingerprint density at radius 1 is 1.04 bits per heavy atom. The van der Waals surface area contributed by atoms with E-state index >= 15 is 0 Å². The Labute approximate surface area is 139 Å². The fraction of sp³-hybridized carbons (Fsp3) is 0.176. The van der Waals surface area contributed by atoms with Crippen LogP contribution in [0.3, 0.4) is 0 Å². The van der Waals surface area contributed by atoms with Crippen molar-refractivity contribution in [1.29, 1.82) is 0 Å². The fourth-order valence-electron chi connectivity index (χ4n) is 2.25. The van der Waals surface area contributed by atoms with Gasteiger partial charge in [-0.25, -0.2) is 9.97 Å². The molecule has 0 atom stereocenters. The van der Waals surface area contributed by atoms with Crippen molar-refractivity contribution in [3.05, 3.63) is 59.2 Å². The standard InChI is InChI=1S/C17H17N5O2/c1-10-4-5-13(11(2)6-10)20-17(23)14-8-15(19-9-18-14)21-16-7-12(3)24-22-16/h4-9H,1-3H3,(H,20,23)(H,18,19,21,22). The average molecular weight is 323 g/mol. The van der Waals surface area contributed by atoms with Crippen molar-refractivity contribution >= 4 is 23.2 Å². The molecule has 0 spiro atoms. The van der Waals surface area contributed by atoms with E-state index in [1.807, 2.05) is 32.0 Å². The molecule has 7 nitrogen and oxygen atoms in total. The smallest absolute Gasteiger partial charge is 0.274 e. The predicted octanol–water partition coefficient (Wildman–Crippen LogP) is 3.39. The number of carbonyl (C=O) groups is 1. The van der Waals surface area contributed by atoms with E-state index in [-0.39, 0.29) is 11.6 Å². The predicted molar refractivity (Wildman–Crippen MR) is 90.4 cm³/mol. The van der Waals surface area contributed by atoms with E-state index in [2.05, 4.69) is 25.8 Å². The van der Waals surface area contributed by atoms with E-state index in [4.69, 9.17) is 4.52 Å². The third kappa shape index (κ3) is 3.57. The number of aromatic nitrogens is 3. The first-order valence-electron chi connectivity index (χ1n) is 7.42. The van der Waals surface area contributed by atoms with E-state index in [1.54, 1.807) is 19.1 Å². The van der Waals surface area contributed by atoms with Crippen LogP contribution in [0.5, 0.6) is 0 Å². The summed E-state index contributed by atoms with van der Waals surface area (Å²) in [6.45, 7) is 5.75. The SMILES string of the molecule is Cc1ccc(NC(=O)c2cc(Nc3cc(C)on3)ncn2)c(C)c1. The number of benzene rings is 1. The molecule has 0 bridgehead atoms. The van der Waals surface area contributed by atoms with Gasteiger partial charge in [0.1, 0.15) is 23.6 Å². The lowest BCUT2D eigenvalue weighted by molar-refractivity contribution is 0.102. The molecule has 7 heteroatoms. The molecule has 0 saturated carbocycles. The molecule has 3 aromatic rings. The van der Waals surface area contributed by atoms with Gasteiger partial charge in [-0.3, -0.25) is 4.79 Å². The third-order valence-corrected chi connectivity index (χ3v) is 3.41. The lowest BCUT2D eigenvalue weighted by atomic mass is 10.1. The largest absolute Gasteiger partial charge is 0.360 e. The number of amides is 1. The number of rotatable bonds is 4. The van der Waals surface area contributed by atoms with Crippen LogP contribution in [0.25, 0.3) is 0 Å². The highest BCUT2D eigenvalue weighted by atomic mass is 16.5. The van der Waals surface area contributed by atoms with Gasteiger partial charge in [-0.1, -0.05) is 22.9 Å². The van der Waals surface area contributed by atoms with Crippen molar-refractivity contribution in [3.63, 3.8) is 0 Å². The first kappa shape index (κ1) is 15.7. The number of hydrogen-bond donors (Lipinski definition) is 2. The van der Waals surface area contributed by atoms with Crippen molar-refractivity contribution in [3.8, 4) is 0 Å². The Bertz CT molecular complexity index is 888. The van der Waals surface area contributed by atoms with Crippen LogP contribution in [-0.2, 0) is 0 Å². The van der Waals surface area contributed by atoms with E-state index in [0.717, 1.165) is 16.8 Å². The maximum absolute atomic E-state index is 12.4. The Hall–Kier alpha value is -3.22. The topological polar surface area (TPSA) is 92.9 Å². The van der Waals surface area contributed by atoms with Gasteiger partial charge in [-0.05, 0) is 32.4 Å². The molecule has 0 unspecified atom stereocenters. The van der Waals surface area contributed by atoms with Gasteiger partial charge in [-0.15, -0.1) is 0 Å². The van der Waals surface area contributed by atoms with Gasteiger partial charge in [-0.2, -0.15) is 0 Å². The first-order chi connectivity index (χ1) is 11.5. The van der Waals surface area contributed by atoms with Crippen LogP contribution >= 0.6 is 0 Å². The molecular weight excluding hydrogens is 306 g/mol. The zero-order valence-electron chi connectivity index (χ0n) is 13.6. The summed E-state index contributed by atoms with van der Waals surface area (Å²) in [5.74, 6) is 1.36. The average Bonchev–Trinajstić information content (AvgIpc) is 2.95. The second-order valence-electron chi connectivity index (χ2n) is 5.51. The quantitative estimate of drug-likeness (QED) is 0.764. The molecule has 24 heavy (non-hydrogen) atoms. The van der Waals surface area contributed by atoms with Gasteiger partial charge in [0.2, 0.25) is 0 Å². The van der Waals surface area contributed by atoms with Crippen molar-refractivity contribution in [2.24, 2.45) is 0 Å². The Morgan fingerprint density at radius 3 is 2.58 bits per heavy atom. The summed E-state index contributed by atoms with van der Waals surface area (Å²) in [7, 11) is 0. The summed E-state index contributed by atoms with van der Waals surface area (Å²) >= 11 is 0. The first-order valence-corrected chi connectivity index (χ1v) is 7.42. The molecule has 0 aliphatic heterocycles. The second-order valence-corrected chi connectivity index (χ2v) is 5.51. The summed E-state index contributed by atoms with van der Waals surface area (Å²) in [6.07, 6.45) is 1.33. The second kappa shape index (κ2) is 6.49. The third-order valence-electron chi connectivity index (χ3n) is 3.41. The highest BCUT2D eigenvalue weighted by molar-refractivity contribution is 6.03. The van der Waals surface area contributed by atoms with Crippen LogP contribution in [0.2, 0.25) is 0 Å². The summed E-state index contributed by atoms with van der Waals surface area (Å²) in [5.41, 5.74) is 3.15. The van der Waals surface area contributed by atoms with Gasteiger partial charge in [0.25, 0.3) is 5.91 Å². The zero-order chi connectivity index (χ0) is 17.1. The van der Waals surface area contributed by atoms with Crippen molar-refractivity contribution < 1.29 is 9.32 Å². The molecule has 0 aliphatic carbocycles. The van der Waals surface area contributed by atoms with Gasteiger partial charge < -0.3 is 15.2 Å². The lowest BCUT2D eigenvalue weighted by Gasteiger charge is -2.09.